The van der Waals surface area contributed by atoms with Crippen molar-refractivity contribution in [2.75, 3.05) is 18.5 Å². The number of thiophene rings is 1. The molecule has 21 heavy (non-hydrogen) atoms. The van der Waals surface area contributed by atoms with E-state index in [4.69, 9.17) is 4.74 Å². The standard InChI is InChI=1S/C15H19NO4S/c17-13(9-4-3-7-20-8-9)16-14-12(15(18)19)10-5-1-2-6-11(10)21-14/h9H,1-8H2,(H,16,17)(H,18,19). The molecule has 0 spiro atoms. The number of carboxylic acids is 1. The predicted molar refractivity (Wildman–Crippen MR) is 80.1 cm³/mol. The molecule has 114 valence electrons. The van der Waals surface area contributed by atoms with Crippen LogP contribution in [-0.2, 0) is 22.4 Å². The van der Waals surface area contributed by atoms with Gasteiger partial charge in [-0.25, -0.2) is 4.79 Å². The van der Waals surface area contributed by atoms with Crippen LogP contribution in [0.3, 0.4) is 0 Å². The number of carboxylic acid groups (broad SMARTS) is 1. The number of hydrogen-bond donors (Lipinski definition) is 2. The number of rotatable bonds is 3. The molecule has 2 heterocycles. The Hall–Kier alpha value is -1.40. The van der Waals surface area contributed by atoms with Gasteiger partial charge in [0.25, 0.3) is 0 Å². The molecule has 1 unspecified atom stereocenters. The third kappa shape index (κ3) is 2.96. The average molecular weight is 309 g/mol. The number of anilines is 1. The lowest BCUT2D eigenvalue weighted by atomic mass is 9.95. The van der Waals surface area contributed by atoms with Crippen LogP contribution in [-0.4, -0.2) is 30.2 Å². The van der Waals surface area contributed by atoms with E-state index < -0.39 is 5.97 Å². The molecule has 5 nitrogen and oxygen atoms in total. The second-order valence-corrected chi connectivity index (χ2v) is 6.73. The predicted octanol–water partition coefficient (Wildman–Crippen LogP) is 2.69. The van der Waals surface area contributed by atoms with Crippen molar-refractivity contribution in [2.24, 2.45) is 5.92 Å². The van der Waals surface area contributed by atoms with Gasteiger partial charge in [0.15, 0.2) is 0 Å². The van der Waals surface area contributed by atoms with Gasteiger partial charge in [-0.1, -0.05) is 0 Å². The minimum absolute atomic E-state index is 0.115. The lowest BCUT2D eigenvalue weighted by Crippen LogP contribution is -2.30. The van der Waals surface area contributed by atoms with E-state index in [-0.39, 0.29) is 11.8 Å². The molecule has 1 fully saturated rings. The summed E-state index contributed by atoms with van der Waals surface area (Å²) in [6, 6.07) is 0. The summed E-state index contributed by atoms with van der Waals surface area (Å²) in [6.45, 7) is 1.14. The molecule has 0 saturated carbocycles. The zero-order chi connectivity index (χ0) is 14.8. The fraction of sp³-hybridized carbons (Fsp3) is 0.600. The van der Waals surface area contributed by atoms with Crippen molar-refractivity contribution in [1.82, 2.24) is 0 Å². The van der Waals surface area contributed by atoms with E-state index in [0.29, 0.717) is 23.8 Å². The fourth-order valence-corrected chi connectivity index (χ4v) is 4.33. The van der Waals surface area contributed by atoms with E-state index in [9.17, 15) is 14.7 Å². The molecule has 6 heteroatoms. The van der Waals surface area contributed by atoms with Crippen molar-refractivity contribution >= 4 is 28.2 Å². The summed E-state index contributed by atoms with van der Waals surface area (Å²) >= 11 is 1.43. The third-order valence-electron chi connectivity index (χ3n) is 4.15. The number of ether oxygens (including phenoxy) is 1. The summed E-state index contributed by atoms with van der Waals surface area (Å²) in [5.41, 5.74) is 1.23. The maximum Gasteiger partial charge on any atom is 0.339 e. The van der Waals surface area contributed by atoms with Gasteiger partial charge in [0.2, 0.25) is 5.91 Å². The van der Waals surface area contributed by atoms with Crippen molar-refractivity contribution in [1.29, 1.82) is 0 Å². The third-order valence-corrected chi connectivity index (χ3v) is 5.36. The number of aryl methyl sites for hydroxylation is 1. The summed E-state index contributed by atoms with van der Waals surface area (Å²) in [4.78, 5) is 24.9. The Morgan fingerprint density at radius 3 is 2.76 bits per heavy atom. The van der Waals surface area contributed by atoms with Crippen LogP contribution >= 0.6 is 11.3 Å². The quantitative estimate of drug-likeness (QED) is 0.900. The second-order valence-electron chi connectivity index (χ2n) is 5.62. The maximum absolute atomic E-state index is 12.3. The molecule has 0 radical (unpaired) electrons. The van der Waals surface area contributed by atoms with E-state index >= 15 is 0 Å². The first kappa shape index (κ1) is 14.5. The Bertz CT molecular complexity index is 560. The lowest BCUT2D eigenvalue weighted by molar-refractivity contribution is -0.123. The number of fused-ring (bicyclic) bond motifs is 1. The molecular weight excluding hydrogens is 290 g/mol. The molecule has 2 N–H and O–H groups in total. The van der Waals surface area contributed by atoms with E-state index in [1.807, 2.05) is 0 Å². The molecule has 0 aromatic carbocycles. The molecule has 1 amide bonds. The average Bonchev–Trinajstić information content (AvgIpc) is 2.86. The zero-order valence-corrected chi connectivity index (χ0v) is 12.6. The Labute approximate surface area is 127 Å². The van der Waals surface area contributed by atoms with Crippen LogP contribution in [0.2, 0.25) is 0 Å². The van der Waals surface area contributed by atoms with Crippen LogP contribution in [0, 0.1) is 5.92 Å². The van der Waals surface area contributed by atoms with Crippen molar-refractivity contribution in [3.05, 3.63) is 16.0 Å². The van der Waals surface area contributed by atoms with Crippen molar-refractivity contribution in [3.63, 3.8) is 0 Å². The molecule has 0 bridgehead atoms. The van der Waals surface area contributed by atoms with Crippen LogP contribution in [0.25, 0.3) is 0 Å². The van der Waals surface area contributed by atoms with Crippen molar-refractivity contribution in [2.45, 2.75) is 38.5 Å². The summed E-state index contributed by atoms with van der Waals surface area (Å²) in [5.74, 6) is -1.22. The molecule has 1 atom stereocenters. The van der Waals surface area contributed by atoms with Gasteiger partial charge in [0.1, 0.15) is 5.00 Å². The van der Waals surface area contributed by atoms with Gasteiger partial charge < -0.3 is 15.2 Å². The monoisotopic (exact) mass is 309 g/mol. The van der Waals surface area contributed by atoms with Crippen molar-refractivity contribution in [3.8, 4) is 0 Å². The number of carbonyl (C=O) groups is 2. The summed E-state index contributed by atoms with van der Waals surface area (Å²) in [7, 11) is 0. The Balaban J connectivity index is 1.82. The summed E-state index contributed by atoms with van der Waals surface area (Å²) < 4.78 is 5.33. The van der Waals surface area contributed by atoms with Crippen LogP contribution < -0.4 is 5.32 Å². The molecule has 1 saturated heterocycles. The van der Waals surface area contributed by atoms with Crippen LogP contribution in [0.1, 0.15) is 46.5 Å². The first-order valence-corrected chi connectivity index (χ1v) is 8.25. The highest BCUT2D eigenvalue weighted by Gasteiger charge is 2.28. The van der Waals surface area contributed by atoms with Gasteiger partial charge in [-0.3, -0.25) is 4.79 Å². The van der Waals surface area contributed by atoms with Gasteiger partial charge in [-0.2, -0.15) is 0 Å². The van der Waals surface area contributed by atoms with Gasteiger partial charge in [0, 0.05) is 11.5 Å². The van der Waals surface area contributed by atoms with Gasteiger partial charge in [-0.15, -0.1) is 11.3 Å². The largest absolute Gasteiger partial charge is 0.478 e. The number of amides is 1. The second kappa shape index (κ2) is 6.15. The fourth-order valence-electron chi connectivity index (χ4n) is 3.04. The van der Waals surface area contributed by atoms with E-state index in [0.717, 1.165) is 49.0 Å². The normalized spacial score (nSPS) is 21.6. The van der Waals surface area contributed by atoms with E-state index in [1.54, 1.807) is 0 Å². The van der Waals surface area contributed by atoms with E-state index in [2.05, 4.69) is 5.32 Å². The summed E-state index contributed by atoms with van der Waals surface area (Å²) in [5, 5.41) is 12.8. The highest BCUT2D eigenvalue weighted by atomic mass is 32.1. The smallest absolute Gasteiger partial charge is 0.339 e. The van der Waals surface area contributed by atoms with Crippen LogP contribution in [0.4, 0.5) is 5.00 Å². The Morgan fingerprint density at radius 2 is 2.05 bits per heavy atom. The van der Waals surface area contributed by atoms with Crippen LogP contribution in [0.5, 0.6) is 0 Å². The minimum atomic E-state index is -0.940. The first-order chi connectivity index (χ1) is 10.2. The SMILES string of the molecule is O=C(O)c1c(NC(=O)C2CCCOC2)sc2c1CCCC2. The number of hydrogen-bond acceptors (Lipinski definition) is 4. The highest BCUT2D eigenvalue weighted by molar-refractivity contribution is 7.17. The summed E-state index contributed by atoms with van der Waals surface area (Å²) in [6.07, 6.45) is 5.52. The topological polar surface area (TPSA) is 75.6 Å². The molecular formula is C15H19NO4S. The first-order valence-electron chi connectivity index (χ1n) is 7.43. The molecule has 1 aliphatic heterocycles. The minimum Gasteiger partial charge on any atom is -0.478 e. The molecule has 2 aliphatic rings. The number of nitrogens with one attached hydrogen (secondary N) is 1. The van der Waals surface area contributed by atoms with Crippen LogP contribution in [0.15, 0.2) is 0 Å². The van der Waals surface area contributed by atoms with E-state index in [1.165, 1.54) is 11.3 Å². The lowest BCUT2D eigenvalue weighted by Gasteiger charge is -2.21. The maximum atomic E-state index is 12.3. The Morgan fingerprint density at radius 1 is 1.24 bits per heavy atom. The van der Waals surface area contributed by atoms with Gasteiger partial charge >= 0.3 is 5.97 Å². The highest BCUT2D eigenvalue weighted by Crippen LogP contribution is 2.38. The number of aromatic carboxylic acids is 1. The Kier molecular flexibility index (Phi) is 4.26. The van der Waals surface area contributed by atoms with Crippen molar-refractivity contribution < 1.29 is 19.4 Å². The zero-order valence-electron chi connectivity index (χ0n) is 11.8. The molecule has 1 aromatic heterocycles. The number of carbonyl (C=O) groups excluding carboxylic acids is 1. The molecule has 3 rings (SSSR count). The molecule has 1 aliphatic carbocycles. The molecule has 1 aromatic rings. The van der Waals surface area contributed by atoms with Gasteiger partial charge in [0.05, 0.1) is 18.1 Å². The van der Waals surface area contributed by atoms with Gasteiger partial charge in [-0.05, 0) is 44.1 Å².